The second kappa shape index (κ2) is 11.1. The molecule has 1 fully saturated rings. The van der Waals surface area contributed by atoms with E-state index >= 15 is 0 Å². The number of benzene rings is 2. The molecule has 6 nitrogen and oxygen atoms in total. The quantitative estimate of drug-likeness (QED) is 0.523. The van der Waals surface area contributed by atoms with Gasteiger partial charge in [-0.05, 0) is 35.2 Å². The third-order valence-corrected chi connectivity index (χ3v) is 6.63. The van der Waals surface area contributed by atoms with Crippen molar-refractivity contribution in [2.24, 2.45) is 0 Å². The van der Waals surface area contributed by atoms with Gasteiger partial charge in [-0.1, -0.05) is 36.4 Å². The molecule has 0 radical (unpaired) electrons. The van der Waals surface area contributed by atoms with E-state index in [-0.39, 0.29) is 11.9 Å². The van der Waals surface area contributed by atoms with Crippen LogP contribution < -0.4 is 19.7 Å². The highest BCUT2D eigenvalue weighted by Crippen LogP contribution is 2.29. The average Bonchev–Trinajstić information content (AvgIpc) is 3.38. The standard InChI is InChI=1S/C25H28N2O4S/c1-29-23-16-20(9-10-22(23)31-18-19-6-3-2-4-7-19)25(28)26-17-21(24-8-5-15-32-24)27-11-13-30-14-12-27/h2-10,15-16,21H,11-14,17-18H2,1H3,(H,26,28)/p+1/t21-/m0/s1. The van der Waals surface area contributed by atoms with Gasteiger partial charge in [0.05, 0.1) is 31.7 Å². The Labute approximate surface area is 192 Å². The van der Waals surface area contributed by atoms with Gasteiger partial charge in [-0.25, -0.2) is 0 Å². The van der Waals surface area contributed by atoms with Crippen molar-refractivity contribution in [3.8, 4) is 11.5 Å². The first-order valence-electron chi connectivity index (χ1n) is 10.8. The number of ether oxygens (including phenoxy) is 3. The Kier molecular flexibility index (Phi) is 7.77. The number of quaternary nitrogens is 1. The van der Waals surface area contributed by atoms with Crippen molar-refractivity contribution >= 4 is 17.2 Å². The lowest BCUT2D eigenvalue weighted by Crippen LogP contribution is -3.15. The minimum Gasteiger partial charge on any atom is -0.493 e. The third-order valence-electron chi connectivity index (χ3n) is 5.64. The van der Waals surface area contributed by atoms with Gasteiger partial charge in [0.15, 0.2) is 11.5 Å². The maximum atomic E-state index is 12.9. The van der Waals surface area contributed by atoms with Crippen molar-refractivity contribution in [1.29, 1.82) is 0 Å². The Hall–Kier alpha value is -2.87. The largest absolute Gasteiger partial charge is 0.493 e. The molecule has 3 aromatic rings. The zero-order valence-electron chi connectivity index (χ0n) is 18.2. The molecule has 168 valence electrons. The molecule has 0 saturated carbocycles. The number of methoxy groups -OCH3 is 1. The van der Waals surface area contributed by atoms with E-state index in [0.717, 1.165) is 31.9 Å². The molecule has 32 heavy (non-hydrogen) atoms. The van der Waals surface area contributed by atoms with Crippen LogP contribution in [0, 0.1) is 0 Å². The number of hydrogen-bond donors (Lipinski definition) is 2. The van der Waals surface area contributed by atoms with E-state index in [0.29, 0.717) is 30.2 Å². The van der Waals surface area contributed by atoms with Crippen molar-refractivity contribution in [1.82, 2.24) is 5.32 Å². The molecule has 0 unspecified atom stereocenters. The molecule has 4 rings (SSSR count). The Bertz CT molecular complexity index is 988. The molecule has 1 aromatic heterocycles. The van der Waals surface area contributed by atoms with E-state index in [4.69, 9.17) is 14.2 Å². The summed E-state index contributed by atoms with van der Waals surface area (Å²) in [6.45, 7) is 4.41. The fourth-order valence-corrected chi connectivity index (χ4v) is 4.76. The van der Waals surface area contributed by atoms with Crippen LogP contribution in [0.5, 0.6) is 11.5 Å². The number of carbonyl (C=O) groups excluding carboxylic acids is 1. The van der Waals surface area contributed by atoms with Crippen LogP contribution in [0.4, 0.5) is 0 Å². The summed E-state index contributed by atoms with van der Waals surface area (Å²) in [4.78, 5) is 15.6. The SMILES string of the molecule is COc1cc(C(=O)NC[C@@H](c2cccs2)[NH+]2CCOCC2)ccc1OCc1ccccc1. The van der Waals surface area contributed by atoms with E-state index < -0.39 is 0 Å². The smallest absolute Gasteiger partial charge is 0.251 e. The maximum Gasteiger partial charge on any atom is 0.251 e. The van der Waals surface area contributed by atoms with Crippen LogP contribution in [0.25, 0.3) is 0 Å². The Balaban J connectivity index is 1.40. The van der Waals surface area contributed by atoms with Gasteiger partial charge in [0.1, 0.15) is 25.7 Å². The number of amides is 1. The fourth-order valence-electron chi connectivity index (χ4n) is 3.88. The van der Waals surface area contributed by atoms with E-state index in [1.54, 1.807) is 36.6 Å². The molecule has 0 aliphatic carbocycles. The minimum absolute atomic E-state index is 0.118. The lowest BCUT2D eigenvalue weighted by atomic mass is 10.1. The Morgan fingerprint density at radius 2 is 1.91 bits per heavy atom. The van der Waals surface area contributed by atoms with Gasteiger partial charge in [-0.2, -0.15) is 0 Å². The van der Waals surface area contributed by atoms with Gasteiger partial charge < -0.3 is 24.4 Å². The van der Waals surface area contributed by atoms with Crippen LogP contribution in [0.15, 0.2) is 66.0 Å². The topological polar surface area (TPSA) is 61.2 Å². The lowest BCUT2D eigenvalue weighted by molar-refractivity contribution is -0.937. The van der Waals surface area contributed by atoms with E-state index in [1.165, 1.54) is 9.78 Å². The number of rotatable bonds is 9. The fraction of sp³-hybridized carbons (Fsp3) is 0.320. The van der Waals surface area contributed by atoms with Crippen LogP contribution in [0.2, 0.25) is 0 Å². The van der Waals surface area contributed by atoms with Crippen LogP contribution in [0.1, 0.15) is 26.8 Å². The highest BCUT2D eigenvalue weighted by atomic mass is 32.1. The first-order valence-corrected chi connectivity index (χ1v) is 11.7. The molecule has 1 atom stereocenters. The van der Waals surface area contributed by atoms with E-state index in [2.05, 4.69) is 22.8 Å². The van der Waals surface area contributed by atoms with E-state index in [9.17, 15) is 4.79 Å². The maximum absolute atomic E-state index is 12.9. The van der Waals surface area contributed by atoms with Crippen LogP contribution in [-0.2, 0) is 11.3 Å². The minimum atomic E-state index is -0.118. The lowest BCUT2D eigenvalue weighted by Gasteiger charge is -2.31. The number of nitrogens with one attached hydrogen (secondary N) is 2. The van der Waals surface area contributed by atoms with Gasteiger partial charge >= 0.3 is 0 Å². The van der Waals surface area contributed by atoms with Gasteiger partial charge in [0, 0.05) is 5.56 Å². The van der Waals surface area contributed by atoms with Crippen molar-refractivity contribution in [3.63, 3.8) is 0 Å². The summed E-state index contributed by atoms with van der Waals surface area (Å²) in [6.07, 6.45) is 0. The molecule has 1 aliphatic heterocycles. The van der Waals surface area contributed by atoms with E-state index in [1.807, 2.05) is 30.3 Å². The van der Waals surface area contributed by atoms with Crippen molar-refractivity contribution in [3.05, 3.63) is 82.0 Å². The van der Waals surface area contributed by atoms with Gasteiger partial charge in [-0.3, -0.25) is 4.79 Å². The summed E-state index contributed by atoms with van der Waals surface area (Å²) < 4.78 is 16.9. The Morgan fingerprint density at radius 3 is 2.62 bits per heavy atom. The summed E-state index contributed by atoms with van der Waals surface area (Å²) in [5, 5.41) is 5.21. The summed E-state index contributed by atoms with van der Waals surface area (Å²) in [5.41, 5.74) is 1.62. The Morgan fingerprint density at radius 1 is 1.09 bits per heavy atom. The molecule has 2 aromatic carbocycles. The zero-order chi connectivity index (χ0) is 22.2. The molecule has 1 amide bonds. The van der Waals surface area contributed by atoms with Crippen LogP contribution in [0.3, 0.4) is 0 Å². The average molecular weight is 454 g/mol. The van der Waals surface area contributed by atoms with Gasteiger partial charge in [0.2, 0.25) is 0 Å². The normalized spacial score (nSPS) is 15.2. The van der Waals surface area contributed by atoms with Gasteiger partial charge in [-0.15, -0.1) is 11.3 Å². The molecule has 0 spiro atoms. The summed E-state index contributed by atoms with van der Waals surface area (Å²) in [6, 6.07) is 19.7. The molecule has 2 N–H and O–H groups in total. The number of thiophene rings is 1. The highest BCUT2D eigenvalue weighted by Gasteiger charge is 2.27. The number of morpholine rings is 1. The van der Waals surface area contributed by atoms with Crippen molar-refractivity contribution in [2.45, 2.75) is 12.6 Å². The third kappa shape index (κ3) is 5.68. The van der Waals surface area contributed by atoms with Crippen LogP contribution >= 0.6 is 11.3 Å². The molecule has 7 heteroatoms. The number of carbonyl (C=O) groups is 1. The predicted molar refractivity (Wildman–Crippen MR) is 125 cm³/mol. The molecule has 0 bridgehead atoms. The van der Waals surface area contributed by atoms with Crippen molar-refractivity contribution in [2.75, 3.05) is 40.0 Å². The molecule has 1 saturated heterocycles. The molecular weight excluding hydrogens is 424 g/mol. The first-order chi connectivity index (χ1) is 15.7. The highest BCUT2D eigenvalue weighted by molar-refractivity contribution is 7.10. The van der Waals surface area contributed by atoms with Gasteiger partial charge in [0.25, 0.3) is 5.91 Å². The molecule has 2 heterocycles. The summed E-state index contributed by atoms with van der Waals surface area (Å²) >= 11 is 1.73. The van der Waals surface area contributed by atoms with Crippen molar-refractivity contribution < 1.29 is 23.9 Å². The predicted octanol–water partition coefficient (Wildman–Crippen LogP) is 2.72. The summed E-state index contributed by atoms with van der Waals surface area (Å²) in [5.74, 6) is 1.04. The second-order valence-corrected chi connectivity index (χ2v) is 8.67. The number of hydrogen-bond acceptors (Lipinski definition) is 5. The second-order valence-electron chi connectivity index (χ2n) is 7.69. The monoisotopic (exact) mass is 453 g/mol. The first kappa shape index (κ1) is 22.3. The zero-order valence-corrected chi connectivity index (χ0v) is 19.0. The van der Waals surface area contributed by atoms with Crippen LogP contribution in [-0.4, -0.2) is 45.9 Å². The molecule has 1 aliphatic rings. The molecular formula is C25H29N2O4S+. The summed E-state index contributed by atoms with van der Waals surface area (Å²) in [7, 11) is 1.58.